The molecule has 0 aliphatic heterocycles. The maximum Gasteiger partial charge on any atom is 0.326 e. The first-order chi connectivity index (χ1) is 11.9. The van der Waals surface area contributed by atoms with Crippen LogP contribution in [-0.2, 0) is 9.59 Å². The molecule has 0 radical (unpaired) electrons. The highest BCUT2D eigenvalue weighted by atomic mass is 16.4. The van der Waals surface area contributed by atoms with Gasteiger partial charge in [-0.3, -0.25) is 14.6 Å². The Morgan fingerprint density at radius 1 is 1.16 bits per heavy atom. The summed E-state index contributed by atoms with van der Waals surface area (Å²) in [6, 6.07) is -1.00. The highest BCUT2D eigenvalue weighted by Gasteiger charge is 2.43. The molecule has 1 atom stereocenters. The molecule has 1 aliphatic rings. The zero-order valence-electron chi connectivity index (χ0n) is 14.5. The minimum Gasteiger partial charge on any atom is -0.480 e. The van der Waals surface area contributed by atoms with Gasteiger partial charge in [0.2, 0.25) is 5.91 Å². The number of carbonyl (C=O) groups excluding carboxylic acids is 2. The Bertz CT molecular complexity index is 627. The number of nitrogens with one attached hydrogen (secondary N) is 2. The zero-order chi connectivity index (χ0) is 18.4. The third-order valence-electron chi connectivity index (χ3n) is 4.51. The normalized spacial score (nSPS) is 17.6. The molecule has 2 rings (SSSR count). The summed E-state index contributed by atoms with van der Waals surface area (Å²) < 4.78 is 0. The highest BCUT2D eigenvalue weighted by molar-refractivity contribution is 5.98. The number of aliphatic carboxylic acids is 1. The SMILES string of the molecule is CC(C)[C@H](NC(=O)C1(NC(=O)c2cnccn2)CCCCC1)C(=O)O. The van der Waals surface area contributed by atoms with Crippen molar-refractivity contribution >= 4 is 17.8 Å². The quantitative estimate of drug-likeness (QED) is 0.709. The van der Waals surface area contributed by atoms with Crippen LogP contribution in [0.25, 0.3) is 0 Å². The van der Waals surface area contributed by atoms with Gasteiger partial charge in [-0.25, -0.2) is 9.78 Å². The van der Waals surface area contributed by atoms with E-state index in [1.54, 1.807) is 13.8 Å². The Hall–Kier alpha value is -2.51. The van der Waals surface area contributed by atoms with Crippen molar-refractivity contribution in [3.8, 4) is 0 Å². The van der Waals surface area contributed by atoms with Crippen molar-refractivity contribution in [2.75, 3.05) is 0 Å². The maximum absolute atomic E-state index is 12.9. The molecular weight excluding hydrogens is 324 g/mol. The first kappa shape index (κ1) is 18.8. The fraction of sp³-hybridized carbons (Fsp3) is 0.588. The summed E-state index contributed by atoms with van der Waals surface area (Å²) in [5.41, 5.74) is -0.992. The van der Waals surface area contributed by atoms with Gasteiger partial charge < -0.3 is 15.7 Å². The zero-order valence-corrected chi connectivity index (χ0v) is 14.5. The highest BCUT2D eigenvalue weighted by Crippen LogP contribution is 2.29. The molecule has 0 unspecified atom stereocenters. The van der Waals surface area contributed by atoms with E-state index in [0.29, 0.717) is 12.8 Å². The van der Waals surface area contributed by atoms with Crippen LogP contribution in [0.1, 0.15) is 56.4 Å². The second-order valence-electron chi connectivity index (χ2n) is 6.72. The molecule has 1 aromatic heterocycles. The molecule has 3 N–H and O–H groups in total. The lowest BCUT2D eigenvalue weighted by atomic mass is 9.80. The summed E-state index contributed by atoms with van der Waals surface area (Å²) in [7, 11) is 0. The molecule has 0 bridgehead atoms. The van der Waals surface area contributed by atoms with E-state index < -0.39 is 29.4 Å². The average Bonchev–Trinajstić information content (AvgIpc) is 2.60. The molecule has 1 aromatic rings. The van der Waals surface area contributed by atoms with Crippen LogP contribution in [0.4, 0.5) is 0 Å². The number of carboxylic acid groups (broad SMARTS) is 1. The lowest BCUT2D eigenvalue weighted by Gasteiger charge is -2.37. The predicted molar refractivity (Wildman–Crippen MR) is 89.7 cm³/mol. The molecule has 2 amide bonds. The Labute approximate surface area is 146 Å². The van der Waals surface area contributed by atoms with E-state index in [2.05, 4.69) is 20.6 Å². The summed E-state index contributed by atoms with van der Waals surface area (Å²) in [5, 5.41) is 14.7. The second-order valence-corrected chi connectivity index (χ2v) is 6.72. The minimum atomic E-state index is -1.12. The molecule has 0 aromatic carbocycles. The Kier molecular flexibility index (Phi) is 6.06. The third kappa shape index (κ3) is 4.52. The molecular formula is C17H24N4O4. The van der Waals surface area contributed by atoms with Crippen molar-refractivity contribution in [2.45, 2.75) is 57.5 Å². The first-order valence-corrected chi connectivity index (χ1v) is 8.48. The number of nitrogens with zero attached hydrogens (tertiary/aromatic N) is 2. The van der Waals surface area contributed by atoms with Gasteiger partial charge in [0.15, 0.2) is 0 Å². The van der Waals surface area contributed by atoms with E-state index in [0.717, 1.165) is 19.3 Å². The maximum atomic E-state index is 12.9. The molecule has 1 saturated carbocycles. The van der Waals surface area contributed by atoms with E-state index >= 15 is 0 Å². The lowest BCUT2D eigenvalue weighted by molar-refractivity contribution is -0.144. The Balaban J connectivity index is 2.20. The van der Waals surface area contributed by atoms with Crippen LogP contribution in [0, 0.1) is 5.92 Å². The van der Waals surface area contributed by atoms with Crippen LogP contribution in [0.3, 0.4) is 0 Å². The van der Waals surface area contributed by atoms with E-state index in [1.165, 1.54) is 18.6 Å². The van der Waals surface area contributed by atoms with Crippen LogP contribution < -0.4 is 10.6 Å². The van der Waals surface area contributed by atoms with Gasteiger partial charge in [-0.2, -0.15) is 0 Å². The number of rotatable bonds is 6. The lowest BCUT2D eigenvalue weighted by Crippen LogP contribution is -2.62. The molecule has 1 heterocycles. The molecule has 25 heavy (non-hydrogen) atoms. The summed E-state index contributed by atoms with van der Waals surface area (Å²) in [5.74, 6) is -2.29. The summed E-state index contributed by atoms with van der Waals surface area (Å²) in [4.78, 5) is 44.5. The van der Waals surface area contributed by atoms with Gasteiger partial charge >= 0.3 is 5.97 Å². The fourth-order valence-electron chi connectivity index (χ4n) is 3.05. The van der Waals surface area contributed by atoms with Crippen LogP contribution in [0.15, 0.2) is 18.6 Å². The number of amides is 2. The second kappa shape index (κ2) is 8.04. The summed E-state index contributed by atoms with van der Waals surface area (Å²) in [6.07, 6.45) is 7.67. The molecule has 1 fully saturated rings. The van der Waals surface area contributed by atoms with Gasteiger partial charge in [0.05, 0.1) is 6.20 Å². The van der Waals surface area contributed by atoms with Gasteiger partial charge in [-0.1, -0.05) is 33.1 Å². The van der Waals surface area contributed by atoms with Crippen molar-refractivity contribution in [1.82, 2.24) is 20.6 Å². The fourth-order valence-corrected chi connectivity index (χ4v) is 3.05. The topological polar surface area (TPSA) is 121 Å². The van der Waals surface area contributed by atoms with E-state index in [1.807, 2.05) is 0 Å². The average molecular weight is 348 g/mol. The minimum absolute atomic E-state index is 0.124. The largest absolute Gasteiger partial charge is 0.480 e. The smallest absolute Gasteiger partial charge is 0.326 e. The molecule has 8 nitrogen and oxygen atoms in total. The van der Waals surface area contributed by atoms with Crippen molar-refractivity contribution in [1.29, 1.82) is 0 Å². The summed E-state index contributed by atoms with van der Waals surface area (Å²) in [6.45, 7) is 3.45. The standard InChI is InChI=1S/C17H24N4O4/c1-11(2)13(15(23)24)20-16(25)17(6-4-3-5-7-17)21-14(22)12-10-18-8-9-19-12/h8-11,13H,3-7H2,1-2H3,(H,20,25)(H,21,22)(H,23,24)/t13-/m0/s1. The summed E-state index contributed by atoms with van der Waals surface area (Å²) >= 11 is 0. The van der Waals surface area contributed by atoms with Crippen LogP contribution in [0.5, 0.6) is 0 Å². The third-order valence-corrected chi connectivity index (χ3v) is 4.51. The first-order valence-electron chi connectivity index (χ1n) is 8.48. The van der Waals surface area contributed by atoms with Gasteiger partial charge in [-0.15, -0.1) is 0 Å². The van der Waals surface area contributed by atoms with Gasteiger partial charge in [0, 0.05) is 12.4 Å². The van der Waals surface area contributed by atoms with Crippen molar-refractivity contribution in [3.63, 3.8) is 0 Å². The Morgan fingerprint density at radius 2 is 1.84 bits per heavy atom. The van der Waals surface area contributed by atoms with Crippen molar-refractivity contribution in [3.05, 3.63) is 24.3 Å². The van der Waals surface area contributed by atoms with Crippen LogP contribution in [0.2, 0.25) is 0 Å². The van der Waals surface area contributed by atoms with E-state index in [4.69, 9.17) is 0 Å². The monoisotopic (exact) mass is 348 g/mol. The van der Waals surface area contributed by atoms with Gasteiger partial charge in [-0.05, 0) is 18.8 Å². The van der Waals surface area contributed by atoms with Crippen LogP contribution >= 0.6 is 0 Å². The molecule has 8 heteroatoms. The number of carbonyl (C=O) groups is 3. The number of hydrogen-bond acceptors (Lipinski definition) is 5. The number of carboxylic acids is 1. The van der Waals surface area contributed by atoms with E-state index in [-0.39, 0.29) is 11.6 Å². The molecule has 0 saturated heterocycles. The van der Waals surface area contributed by atoms with Gasteiger partial charge in [0.1, 0.15) is 17.3 Å². The predicted octanol–water partition coefficient (Wildman–Crippen LogP) is 1.13. The number of aromatic nitrogens is 2. The van der Waals surface area contributed by atoms with Gasteiger partial charge in [0.25, 0.3) is 5.91 Å². The molecule has 0 spiro atoms. The molecule has 136 valence electrons. The van der Waals surface area contributed by atoms with E-state index in [9.17, 15) is 19.5 Å². The number of hydrogen-bond donors (Lipinski definition) is 3. The van der Waals surface area contributed by atoms with Crippen LogP contribution in [-0.4, -0.2) is 44.4 Å². The molecule has 1 aliphatic carbocycles. The Morgan fingerprint density at radius 3 is 2.36 bits per heavy atom. The van der Waals surface area contributed by atoms with Crippen molar-refractivity contribution in [2.24, 2.45) is 5.92 Å². The van der Waals surface area contributed by atoms with Crippen molar-refractivity contribution < 1.29 is 19.5 Å².